The minimum absolute atomic E-state index is 0.0181. The van der Waals surface area contributed by atoms with Gasteiger partial charge in [0, 0.05) is 6.54 Å². The molecule has 1 amide bonds. The number of nitrogens with zero attached hydrogens (tertiary/aromatic N) is 1. The molecule has 0 aliphatic heterocycles. The molecule has 0 aliphatic rings. The van der Waals surface area contributed by atoms with Gasteiger partial charge in [0.05, 0.1) is 12.1 Å². The predicted octanol–water partition coefficient (Wildman–Crippen LogP) is 1.01. The third-order valence-electron chi connectivity index (χ3n) is 2.89. The van der Waals surface area contributed by atoms with E-state index in [0.29, 0.717) is 0 Å². The van der Waals surface area contributed by atoms with E-state index in [4.69, 9.17) is 0 Å². The molecule has 4 nitrogen and oxygen atoms in total. The molecule has 0 radical (unpaired) electrons. The molecule has 1 rings (SSSR count). The molecule has 0 heterocycles. The second kappa shape index (κ2) is 7.13. The Morgan fingerprint density at radius 3 is 2.39 bits per heavy atom. The predicted molar refractivity (Wildman–Crippen MR) is 74.4 cm³/mol. The third kappa shape index (κ3) is 4.47. The van der Waals surface area contributed by atoms with Gasteiger partial charge in [-0.2, -0.15) is 0 Å². The topological polar surface area (TPSA) is 44.4 Å². The molecule has 1 aromatic rings. The lowest BCUT2D eigenvalue weighted by Gasteiger charge is -2.24. The zero-order chi connectivity index (χ0) is 13.5. The second-order valence-electron chi connectivity index (χ2n) is 4.74. The fourth-order valence-corrected chi connectivity index (χ4v) is 1.71. The van der Waals surface area contributed by atoms with Crippen molar-refractivity contribution in [2.45, 2.75) is 19.0 Å². The molecule has 2 unspecified atom stereocenters. The van der Waals surface area contributed by atoms with E-state index < -0.39 is 0 Å². The van der Waals surface area contributed by atoms with Crippen LogP contribution in [0.4, 0.5) is 0 Å². The van der Waals surface area contributed by atoms with Crippen molar-refractivity contribution in [3.05, 3.63) is 35.9 Å². The molecule has 0 saturated carbocycles. The molecule has 0 aromatic heterocycles. The Hall–Kier alpha value is -1.39. The highest BCUT2D eigenvalue weighted by Gasteiger charge is 2.18. The van der Waals surface area contributed by atoms with Crippen LogP contribution in [-0.4, -0.2) is 44.5 Å². The Kier molecular flexibility index (Phi) is 5.82. The van der Waals surface area contributed by atoms with Gasteiger partial charge in [-0.25, -0.2) is 0 Å². The summed E-state index contributed by atoms with van der Waals surface area (Å²) in [6.45, 7) is 2.64. The van der Waals surface area contributed by atoms with Crippen molar-refractivity contribution in [3.8, 4) is 0 Å². The van der Waals surface area contributed by atoms with Crippen LogP contribution in [0.15, 0.2) is 30.3 Å². The highest BCUT2D eigenvalue weighted by Crippen LogP contribution is 2.13. The Bertz CT molecular complexity index is 365. The maximum atomic E-state index is 11.9. The lowest BCUT2D eigenvalue weighted by Crippen LogP contribution is -2.44. The summed E-state index contributed by atoms with van der Waals surface area (Å²) in [6, 6.07) is 9.88. The van der Waals surface area contributed by atoms with Crippen LogP contribution >= 0.6 is 0 Å². The quantitative estimate of drug-likeness (QED) is 0.791. The van der Waals surface area contributed by atoms with E-state index in [1.165, 1.54) is 0 Å². The van der Waals surface area contributed by atoms with Gasteiger partial charge in [0.25, 0.3) is 0 Å². The monoisotopic (exact) mass is 249 g/mol. The first-order valence-corrected chi connectivity index (χ1v) is 6.22. The first kappa shape index (κ1) is 14.7. The zero-order valence-electron chi connectivity index (χ0n) is 11.6. The van der Waals surface area contributed by atoms with Gasteiger partial charge in [-0.1, -0.05) is 30.3 Å². The lowest BCUT2D eigenvalue weighted by molar-refractivity contribution is -0.123. The minimum atomic E-state index is -0.182. The van der Waals surface area contributed by atoms with Crippen molar-refractivity contribution in [2.75, 3.05) is 27.7 Å². The molecular weight excluding hydrogens is 226 g/mol. The van der Waals surface area contributed by atoms with Gasteiger partial charge in [0.1, 0.15) is 0 Å². The summed E-state index contributed by atoms with van der Waals surface area (Å²) in [5.74, 6) is 0.0215. The van der Waals surface area contributed by atoms with E-state index in [0.717, 1.165) is 12.1 Å². The molecule has 1 aromatic carbocycles. The van der Waals surface area contributed by atoms with Gasteiger partial charge < -0.3 is 15.5 Å². The van der Waals surface area contributed by atoms with Crippen molar-refractivity contribution in [2.24, 2.45) is 0 Å². The van der Waals surface area contributed by atoms with Gasteiger partial charge in [-0.3, -0.25) is 4.79 Å². The van der Waals surface area contributed by atoms with Gasteiger partial charge in [0.2, 0.25) is 5.91 Å². The summed E-state index contributed by atoms with van der Waals surface area (Å²) in [5, 5.41) is 6.02. The van der Waals surface area contributed by atoms with Crippen LogP contribution in [0.1, 0.15) is 18.5 Å². The maximum Gasteiger partial charge on any atom is 0.237 e. The fourth-order valence-electron chi connectivity index (χ4n) is 1.71. The molecule has 100 valence electrons. The fraction of sp³-hybridized carbons (Fsp3) is 0.500. The summed E-state index contributed by atoms with van der Waals surface area (Å²) in [7, 11) is 5.79. The molecule has 0 spiro atoms. The van der Waals surface area contributed by atoms with Crippen molar-refractivity contribution in [1.82, 2.24) is 15.5 Å². The maximum absolute atomic E-state index is 11.9. The lowest BCUT2D eigenvalue weighted by atomic mass is 10.1. The van der Waals surface area contributed by atoms with Crippen LogP contribution in [0, 0.1) is 0 Å². The number of benzene rings is 1. The number of amides is 1. The Balaban J connectivity index is 2.77. The number of carbonyl (C=O) groups is 1. The average molecular weight is 249 g/mol. The molecule has 0 aliphatic carbocycles. The number of rotatable bonds is 6. The van der Waals surface area contributed by atoms with Gasteiger partial charge in [-0.05, 0) is 33.6 Å². The van der Waals surface area contributed by atoms with Crippen LogP contribution in [-0.2, 0) is 4.79 Å². The van der Waals surface area contributed by atoms with Crippen molar-refractivity contribution < 1.29 is 4.79 Å². The van der Waals surface area contributed by atoms with E-state index in [-0.39, 0.29) is 18.0 Å². The zero-order valence-corrected chi connectivity index (χ0v) is 11.6. The van der Waals surface area contributed by atoms with E-state index in [1.54, 1.807) is 7.05 Å². The molecule has 2 atom stereocenters. The average Bonchev–Trinajstić information content (AvgIpc) is 2.37. The molecular formula is C14H23N3O. The Labute approximate surface area is 109 Å². The van der Waals surface area contributed by atoms with E-state index in [1.807, 2.05) is 51.4 Å². The van der Waals surface area contributed by atoms with E-state index in [2.05, 4.69) is 15.5 Å². The summed E-state index contributed by atoms with van der Waals surface area (Å²) >= 11 is 0. The highest BCUT2D eigenvalue weighted by atomic mass is 16.2. The van der Waals surface area contributed by atoms with Crippen molar-refractivity contribution in [1.29, 1.82) is 0 Å². The number of likely N-dealkylation sites (N-methyl/N-ethyl adjacent to an activating group) is 2. The normalized spacial score (nSPS) is 14.3. The highest BCUT2D eigenvalue weighted by molar-refractivity contribution is 5.81. The summed E-state index contributed by atoms with van der Waals surface area (Å²) in [6.07, 6.45) is 0. The molecule has 4 heteroatoms. The summed E-state index contributed by atoms with van der Waals surface area (Å²) in [4.78, 5) is 14.0. The number of nitrogens with one attached hydrogen (secondary N) is 2. The third-order valence-corrected chi connectivity index (χ3v) is 2.89. The van der Waals surface area contributed by atoms with Gasteiger partial charge >= 0.3 is 0 Å². The summed E-state index contributed by atoms with van der Waals surface area (Å²) in [5.41, 5.74) is 1.13. The number of hydrogen-bond acceptors (Lipinski definition) is 3. The van der Waals surface area contributed by atoms with E-state index >= 15 is 0 Å². The first-order valence-electron chi connectivity index (χ1n) is 6.22. The molecule has 2 N–H and O–H groups in total. The molecule has 0 saturated heterocycles. The second-order valence-corrected chi connectivity index (χ2v) is 4.74. The largest absolute Gasteiger partial charge is 0.347 e. The number of carbonyl (C=O) groups excluding carboxylic acids is 1. The van der Waals surface area contributed by atoms with Crippen LogP contribution in [0.2, 0.25) is 0 Å². The number of hydrogen-bond donors (Lipinski definition) is 2. The summed E-state index contributed by atoms with van der Waals surface area (Å²) < 4.78 is 0. The Morgan fingerprint density at radius 2 is 1.89 bits per heavy atom. The molecule has 18 heavy (non-hydrogen) atoms. The van der Waals surface area contributed by atoms with Crippen LogP contribution in [0.3, 0.4) is 0 Å². The van der Waals surface area contributed by atoms with Crippen LogP contribution < -0.4 is 10.6 Å². The van der Waals surface area contributed by atoms with Gasteiger partial charge in [0.15, 0.2) is 0 Å². The Morgan fingerprint density at radius 1 is 1.28 bits per heavy atom. The van der Waals surface area contributed by atoms with Crippen molar-refractivity contribution >= 4 is 5.91 Å². The van der Waals surface area contributed by atoms with Gasteiger partial charge in [-0.15, -0.1) is 0 Å². The first-order chi connectivity index (χ1) is 8.54. The SMILES string of the molecule is CNC(C)C(=O)NC(CN(C)C)c1ccccc1. The van der Waals surface area contributed by atoms with E-state index in [9.17, 15) is 4.79 Å². The van der Waals surface area contributed by atoms with Crippen LogP contribution in [0.5, 0.6) is 0 Å². The van der Waals surface area contributed by atoms with Crippen LogP contribution in [0.25, 0.3) is 0 Å². The smallest absolute Gasteiger partial charge is 0.237 e. The minimum Gasteiger partial charge on any atom is -0.347 e. The molecule has 0 fully saturated rings. The molecule has 0 bridgehead atoms. The van der Waals surface area contributed by atoms with Crippen molar-refractivity contribution in [3.63, 3.8) is 0 Å². The standard InChI is InChI=1S/C14H23N3O/c1-11(15-2)14(18)16-13(10-17(3)4)12-8-6-5-7-9-12/h5-9,11,13,15H,10H2,1-4H3,(H,16,18).